The summed E-state index contributed by atoms with van der Waals surface area (Å²) in [4.78, 5) is 9.42. The average Bonchev–Trinajstić information content (AvgIpc) is 2.71. The fourth-order valence-corrected chi connectivity index (χ4v) is 3.60. The van der Waals surface area contributed by atoms with Gasteiger partial charge >= 0.3 is 0 Å². The summed E-state index contributed by atoms with van der Waals surface area (Å²) >= 11 is 0. The first-order valence-corrected chi connectivity index (χ1v) is 8.92. The predicted octanol–water partition coefficient (Wildman–Crippen LogP) is 0.700. The summed E-state index contributed by atoms with van der Waals surface area (Å²) in [6.07, 6.45) is 0. The number of guanidine groups is 1. The number of ether oxygens (including phenoxy) is 3. The topological polar surface area (TPSA) is 70.6 Å². The molecule has 8 nitrogen and oxygen atoms in total. The lowest BCUT2D eigenvalue weighted by molar-refractivity contribution is 0.0155. The second-order valence-corrected chi connectivity index (χ2v) is 6.48. The molecule has 2 N–H and O–H groups in total. The van der Waals surface area contributed by atoms with E-state index in [1.165, 1.54) is 13.1 Å². The quantitative estimate of drug-likeness (QED) is 0.569. The maximum absolute atomic E-state index is 5.41. The molecule has 0 amide bonds. The number of hydrogen-bond donors (Lipinski definition) is 2. The van der Waals surface area contributed by atoms with Gasteiger partial charge in [0, 0.05) is 70.2 Å². The summed E-state index contributed by atoms with van der Waals surface area (Å²) in [6.45, 7) is 6.68. The summed E-state index contributed by atoms with van der Waals surface area (Å²) in [5.74, 6) is 2.50. The van der Waals surface area contributed by atoms with E-state index in [1.807, 2.05) is 12.1 Å². The van der Waals surface area contributed by atoms with Gasteiger partial charge in [0.2, 0.25) is 5.75 Å². The van der Waals surface area contributed by atoms with Gasteiger partial charge in [-0.3, -0.25) is 14.8 Å². The third-order valence-corrected chi connectivity index (χ3v) is 5.05. The van der Waals surface area contributed by atoms with Crippen LogP contribution in [0, 0.1) is 0 Å². The number of nitrogens with one attached hydrogen (secondary N) is 2. The van der Waals surface area contributed by atoms with Crippen LogP contribution in [0.1, 0.15) is 0 Å². The number of benzene rings is 1. The molecule has 4 rings (SSSR count). The Kier molecular flexibility index (Phi) is 6.05. The minimum Gasteiger partial charge on any atom is -0.493 e. The molecule has 0 radical (unpaired) electrons. The number of hydrogen-bond acceptors (Lipinski definition) is 6. The van der Waals surface area contributed by atoms with Gasteiger partial charge in [-0.05, 0) is 0 Å². The summed E-state index contributed by atoms with van der Waals surface area (Å²) in [7, 11) is 6.58. The molecule has 3 heterocycles. The Morgan fingerprint density at radius 2 is 1.73 bits per heavy atom. The number of aliphatic imine (C=N–C) groups is 1. The van der Waals surface area contributed by atoms with E-state index in [4.69, 9.17) is 14.2 Å². The normalized spacial score (nSPS) is 24.9. The molecule has 8 heteroatoms. The van der Waals surface area contributed by atoms with Crippen LogP contribution in [0.3, 0.4) is 0 Å². The SMILES string of the molecule is CN=C(NCC1CN2CCN1CC2)Nc1cc(OC)c(OC)c(OC)c1. The number of fused-ring (bicyclic) bond motifs is 3. The zero-order chi connectivity index (χ0) is 18.5. The Bertz CT molecular complexity index is 619. The van der Waals surface area contributed by atoms with E-state index >= 15 is 0 Å². The van der Waals surface area contributed by atoms with Crippen molar-refractivity contribution in [3.05, 3.63) is 12.1 Å². The van der Waals surface area contributed by atoms with Crippen molar-refractivity contribution in [2.75, 3.05) is 73.0 Å². The Morgan fingerprint density at radius 1 is 1.08 bits per heavy atom. The average molecular weight is 363 g/mol. The van der Waals surface area contributed by atoms with Crippen LogP contribution in [0.5, 0.6) is 17.2 Å². The van der Waals surface area contributed by atoms with Crippen LogP contribution in [0.2, 0.25) is 0 Å². The number of piperazine rings is 3. The molecule has 0 spiro atoms. The van der Waals surface area contributed by atoms with Crippen LogP contribution >= 0.6 is 0 Å². The maximum Gasteiger partial charge on any atom is 0.203 e. The van der Waals surface area contributed by atoms with Gasteiger partial charge in [-0.15, -0.1) is 0 Å². The molecule has 0 aliphatic carbocycles. The summed E-state index contributed by atoms with van der Waals surface area (Å²) in [6, 6.07) is 4.26. The van der Waals surface area contributed by atoms with Gasteiger partial charge in [-0.1, -0.05) is 0 Å². The molecule has 1 aromatic carbocycles. The first-order chi connectivity index (χ1) is 12.7. The molecular weight excluding hydrogens is 334 g/mol. The van der Waals surface area contributed by atoms with Gasteiger partial charge in [-0.2, -0.15) is 0 Å². The lowest BCUT2D eigenvalue weighted by Gasteiger charge is -2.47. The van der Waals surface area contributed by atoms with Crippen LogP contribution in [0.25, 0.3) is 0 Å². The number of methoxy groups -OCH3 is 3. The van der Waals surface area contributed by atoms with Gasteiger partial charge in [0.1, 0.15) is 0 Å². The molecule has 1 aromatic rings. The largest absolute Gasteiger partial charge is 0.493 e. The molecule has 144 valence electrons. The second-order valence-electron chi connectivity index (χ2n) is 6.48. The van der Waals surface area contributed by atoms with Crippen LogP contribution < -0.4 is 24.8 Å². The van der Waals surface area contributed by atoms with Crippen molar-refractivity contribution in [1.29, 1.82) is 0 Å². The number of rotatable bonds is 6. The van der Waals surface area contributed by atoms with Crippen LogP contribution in [-0.4, -0.2) is 89.4 Å². The van der Waals surface area contributed by atoms with E-state index in [0.29, 0.717) is 23.3 Å². The van der Waals surface area contributed by atoms with Gasteiger partial charge < -0.3 is 24.8 Å². The Hall–Kier alpha value is -2.19. The summed E-state index contributed by atoms with van der Waals surface area (Å²) in [5, 5.41) is 6.74. The van der Waals surface area contributed by atoms with Crippen molar-refractivity contribution >= 4 is 11.6 Å². The third-order valence-electron chi connectivity index (χ3n) is 5.05. The lowest BCUT2D eigenvalue weighted by atomic mass is 10.1. The Labute approximate surface area is 155 Å². The minimum atomic E-state index is 0.524. The molecule has 26 heavy (non-hydrogen) atoms. The van der Waals surface area contributed by atoms with Crippen molar-refractivity contribution in [3.8, 4) is 17.2 Å². The first-order valence-electron chi connectivity index (χ1n) is 8.92. The van der Waals surface area contributed by atoms with E-state index in [2.05, 4.69) is 25.4 Å². The lowest BCUT2D eigenvalue weighted by Crippen LogP contribution is -2.63. The number of nitrogens with zero attached hydrogens (tertiary/aromatic N) is 3. The Morgan fingerprint density at radius 3 is 2.19 bits per heavy atom. The van der Waals surface area contributed by atoms with Crippen LogP contribution in [-0.2, 0) is 0 Å². The molecule has 0 saturated carbocycles. The molecule has 0 aromatic heterocycles. The van der Waals surface area contributed by atoms with Gasteiger partial charge in [-0.25, -0.2) is 0 Å². The highest BCUT2D eigenvalue weighted by Gasteiger charge is 2.31. The number of anilines is 1. The van der Waals surface area contributed by atoms with E-state index < -0.39 is 0 Å². The fourth-order valence-electron chi connectivity index (χ4n) is 3.60. The van der Waals surface area contributed by atoms with E-state index in [0.717, 1.165) is 37.8 Å². The van der Waals surface area contributed by atoms with Crippen molar-refractivity contribution in [1.82, 2.24) is 15.1 Å². The Balaban J connectivity index is 1.64. The van der Waals surface area contributed by atoms with Crippen molar-refractivity contribution < 1.29 is 14.2 Å². The van der Waals surface area contributed by atoms with Crippen molar-refractivity contribution in [2.45, 2.75) is 6.04 Å². The van der Waals surface area contributed by atoms with E-state index in [9.17, 15) is 0 Å². The fraction of sp³-hybridized carbons (Fsp3) is 0.611. The third kappa shape index (κ3) is 3.96. The molecule has 1 atom stereocenters. The minimum absolute atomic E-state index is 0.524. The van der Waals surface area contributed by atoms with Crippen molar-refractivity contribution in [3.63, 3.8) is 0 Å². The molecule has 3 aliphatic rings. The molecule has 3 aliphatic heterocycles. The van der Waals surface area contributed by atoms with E-state index in [-0.39, 0.29) is 0 Å². The van der Waals surface area contributed by atoms with Crippen molar-refractivity contribution in [2.24, 2.45) is 4.99 Å². The van der Waals surface area contributed by atoms with Crippen LogP contribution in [0.4, 0.5) is 5.69 Å². The zero-order valence-electron chi connectivity index (χ0n) is 16.0. The second kappa shape index (κ2) is 8.46. The highest BCUT2D eigenvalue weighted by molar-refractivity contribution is 5.94. The maximum atomic E-state index is 5.41. The van der Waals surface area contributed by atoms with Gasteiger partial charge in [0.25, 0.3) is 0 Å². The molecule has 1 unspecified atom stereocenters. The van der Waals surface area contributed by atoms with E-state index in [1.54, 1.807) is 28.4 Å². The molecule has 2 bridgehead atoms. The summed E-state index contributed by atoms with van der Waals surface area (Å²) in [5.41, 5.74) is 0.821. The van der Waals surface area contributed by atoms with Gasteiger partial charge in [0.05, 0.1) is 21.3 Å². The molecular formula is C18H29N5O3. The summed E-state index contributed by atoms with van der Waals surface area (Å²) < 4.78 is 16.2. The first kappa shape index (κ1) is 18.6. The molecule has 3 saturated heterocycles. The zero-order valence-corrected chi connectivity index (χ0v) is 16.0. The smallest absolute Gasteiger partial charge is 0.203 e. The predicted molar refractivity (Wildman–Crippen MR) is 103 cm³/mol. The van der Waals surface area contributed by atoms with Crippen LogP contribution in [0.15, 0.2) is 17.1 Å². The highest BCUT2D eigenvalue weighted by atomic mass is 16.5. The highest BCUT2D eigenvalue weighted by Crippen LogP contribution is 2.39. The molecule has 3 fully saturated rings. The standard InChI is InChI=1S/C18H29N5O3/c1-19-18(20-11-14-12-22-5-7-23(14)8-6-22)21-13-9-15(24-2)17(26-4)16(10-13)25-3/h9-10,14H,5-8,11-12H2,1-4H3,(H2,19,20,21). The van der Waals surface area contributed by atoms with Gasteiger partial charge in [0.15, 0.2) is 17.5 Å². The monoisotopic (exact) mass is 363 g/mol.